The van der Waals surface area contributed by atoms with E-state index in [0.29, 0.717) is 0 Å². The second kappa shape index (κ2) is 5.20. The summed E-state index contributed by atoms with van der Waals surface area (Å²) in [6.45, 7) is 7.39. The highest BCUT2D eigenvalue weighted by Crippen LogP contribution is 2.02. The Labute approximate surface area is 106 Å². The zero-order chi connectivity index (χ0) is 13.9. The Morgan fingerprint density at radius 3 is 2.61 bits per heavy atom. The third-order valence-corrected chi connectivity index (χ3v) is 2.26. The Kier molecular flexibility index (Phi) is 4.11. The maximum Gasteiger partial charge on any atom is 0.293 e. The van der Waals surface area contributed by atoms with Crippen molar-refractivity contribution in [1.82, 2.24) is 14.9 Å². The van der Waals surface area contributed by atoms with Crippen LogP contribution in [0.1, 0.15) is 27.7 Å². The molecule has 1 heterocycles. The molecule has 2 N–H and O–H groups in total. The average Bonchev–Trinajstić information content (AvgIpc) is 2.22. The fourth-order valence-corrected chi connectivity index (χ4v) is 1.35. The molecule has 6 heteroatoms. The van der Waals surface area contributed by atoms with Gasteiger partial charge in [-0.15, -0.1) is 0 Å². The zero-order valence-electron chi connectivity index (χ0n) is 11.4. The molecule has 0 aromatic carbocycles. The largest absolute Gasteiger partial charge is 0.354 e. The van der Waals surface area contributed by atoms with Crippen molar-refractivity contribution in [3.8, 4) is 0 Å². The summed E-state index contributed by atoms with van der Waals surface area (Å²) in [5.41, 5.74) is -0.560. The van der Waals surface area contributed by atoms with Gasteiger partial charge in [0.05, 0.1) is 0 Å². The van der Waals surface area contributed by atoms with Crippen molar-refractivity contribution in [3.63, 3.8) is 0 Å². The van der Waals surface area contributed by atoms with Crippen molar-refractivity contribution in [2.45, 2.75) is 39.3 Å². The van der Waals surface area contributed by atoms with Crippen molar-refractivity contribution >= 4 is 11.7 Å². The minimum absolute atomic E-state index is 0.171. The Morgan fingerprint density at radius 1 is 1.44 bits per heavy atom. The molecule has 6 nitrogen and oxygen atoms in total. The van der Waals surface area contributed by atoms with Crippen LogP contribution in [-0.2, 0) is 11.8 Å². The molecule has 0 aliphatic rings. The number of carbonyl (C=O) groups excluding carboxylic acids is 1. The highest BCUT2D eigenvalue weighted by Gasteiger charge is 2.20. The summed E-state index contributed by atoms with van der Waals surface area (Å²) in [7, 11) is 1.63. The van der Waals surface area contributed by atoms with Crippen molar-refractivity contribution < 1.29 is 4.79 Å². The fraction of sp³-hybridized carbons (Fsp3) is 0.583. The Morgan fingerprint density at radius 2 is 2.06 bits per heavy atom. The number of hydrogen-bond donors (Lipinski definition) is 2. The van der Waals surface area contributed by atoms with E-state index in [1.54, 1.807) is 20.2 Å². The van der Waals surface area contributed by atoms with Gasteiger partial charge in [-0.1, -0.05) is 0 Å². The molecule has 1 atom stereocenters. The minimum atomic E-state index is -0.521. The second-order valence-corrected chi connectivity index (χ2v) is 5.30. The molecule has 0 saturated carbocycles. The predicted molar refractivity (Wildman–Crippen MR) is 70.5 cm³/mol. The molecule has 0 aliphatic heterocycles. The topological polar surface area (TPSA) is 76.0 Å². The molecule has 1 aromatic heterocycles. The summed E-state index contributed by atoms with van der Waals surface area (Å²) in [6, 6.07) is -0.521. The summed E-state index contributed by atoms with van der Waals surface area (Å²) in [6.07, 6.45) is 3.07. The van der Waals surface area contributed by atoms with E-state index in [1.807, 2.05) is 20.8 Å². The summed E-state index contributed by atoms with van der Waals surface area (Å²) >= 11 is 0. The number of hydrogen-bond acceptors (Lipinski definition) is 4. The maximum atomic E-state index is 11.8. The number of aromatic nitrogens is 2. The van der Waals surface area contributed by atoms with Crippen LogP contribution in [-0.4, -0.2) is 27.0 Å². The first-order valence-corrected chi connectivity index (χ1v) is 5.81. The van der Waals surface area contributed by atoms with Gasteiger partial charge in [-0.05, 0) is 27.7 Å². The average molecular weight is 252 g/mol. The van der Waals surface area contributed by atoms with Crippen molar-refractivity contribution in [3.05, 3.63) is 22.7 Å². The molecule has 1 amide bonds. The second-order valence-electron chi connectivity index (χ2n) is 5.30. The van der Waals surface area contributed by atoms with Gasteiger partial charge in [0, 0.05) is 25.0 Å². The normalized spacial score (nSPS) is 12.9. The van der Waals surface area contributed by atoms with Crippen LogP contribution in [0.3, 0.4) is 0 Å². The van der Waals surface area contributed by atoms with E-state index in [9.17, 15) is 9.59 Å². The lowest BCUT2D eigenvalue weighted by atomic mass is 10.1. The Balaban J connectivity index is 2.76. The van der Waals surface area contributed by atoms with E-state index in [4.69, 9.17) is 0 Å². The van der Waals surface area contributed by atoms with Crippen LogP contribution in [0.4, 0.5) is 5.82 Å². The number of nitrogens with zero attached hydrogens (tertiary/aromatic N) is 2. The van der Waals surface area contributed by atoms with Gasteiger partial charge in [0.25, 0.3) is 5.56 Å². The standard InChI is InChI=1S/C12H20N4O2/c1-8(10(17)15-12(2,3)4)14-9-11(18)16(5)7-6-13-9/h6-8H,1-5H3,(H,13,14)(H,15,17). The first-order valence-electron chi connectivity index (χ1n) is 5.81. The number of aryl methyl sites for hydroxylation is 1. The van der Waals surface area contributed by atoms with Gasteiger partial charge in [0.15, 0.2) is 5.82 Å². The highest BCUT2D eigenvalue weighted by atomic mass is 16.2. The SMILES string of the molecule is CC(Nc1nccn(C)c1=O)C(=O)NC(C)(C)C. The smallest absolute Gasteiger partial charge is 0.293 e. The summed E-state index contributed by atoms with van der Waals surface area (Å²) in [5.74, 6) is 0.00626. The van der Waals surface area contributed by atoms with Gasteiger partial charge < -0.3 is 15.2 Å². The van der Waals surface area contributed by atoms with Crippen LogP contribution in [0.5, 0.6) is 0 Å². The fourth-order valence-electron chi connectivity index (χ4n) is 1.35. The molecular formula is C12H20N4O2. The lowest BCUT2D eigenvalue weighted by molar-refractivity contribution is -0.122. The molecule has 0 saturated heterocycles. The predicted octanol–water partition coefficient (Wildman–Crippen LogP) is 0.495. The van der Waals surface area contributed by atoms with E-state index >= 15 is 0 Å². The van der Waals surface area contributed by atoms with Crippen LogP contribution < -0.4 is 16.2 Å². The quantitative estimate of drug-likeness (QED) is 0.821. The van der Waals surface area contributed by atoms with Gasteiger partial charge in [-0.3, -0.25) is 9.59 Å². The first kappa shape index (κ1) is 14.2. The van der Waals surface area contributed by atoms with Gasteiger partial charge in [0.1, 0.15) is 6.04 Å². The van der Waals surface area contributed by atoms with Gasteiger partial charge in [0.2, 0.25) is 5.91 Å². The van der Waals surface area contributed by atoms with E-state index in [1.165, 1.54) is 10.8 Å². The van der Waals surface area contributed by atoms with Crippen LogP contribution >= 0.6 is 0 Å². The molecule has 0 aliphatic carbocycles. The molecule has 1 aromatic rings. The molecule has 0 spiro atoms. The van der Waals surface area contributed by atoms with E-state index in [-0.39, 0.29) is 22.8 Å². The summed E-state index contributed by atoms with van der Waals surface area (Å²) in [4.78, 5) is 27.5. The lowest BCUT2D eigenvalue weighted by Gasteiger charge is -2.23. The number of nitrogens with one attached hydrogen (secondary N) is 2. The summed E-state index contributed by atoms with van der Waals surface area (Å²) < 4.78 is 1.41. The molecule has 0 bridgehead atoms. The summed E-state index contributed by atoms with van der Waals surface area (Å²) in [5, 5.41) is 5.65. The van der Waals surface area contributed by atoms with Crippen LogP contribution in [0, 0.1) is 0 Å². The van der Waals surface area contributed by atoms with Crippen LogP contribution in [0.15, 0.2) is 17.2 Å². The van der Waals surface area contributed by atoms with Crippen molar-refractivity contribution in [2.75, 3.05) is 5.32 Å². The maximum absolute atomic E-state index is 11.8. The van der Waals surface area contributed by atoms with Gasteiger partial charge in [-0.2, -0.15) is 0 Å². The van der Waals surface area contributed by atoms with Crippen molar-refractivity contribution in [1.29, 1.82) is 0 Å². The number of amides is 1. The Bertz CT molecular complexity index is 488. The van der Waals surface area contributed by atoms with Gasteiger partial charge >= 0.3 is 0 Å². The third-order valence-electron chi connectivity index (χ3n) is 2.26. The molecule has 1 unspecified atom stereocenters. The molecule has 0 fully saturated rings. The lowest BCUT2D eigenvalue weighted by Crippen LogP contribution is -2.47. The minimum Gasteiger partial charge on any atom is -0.354 e. The van der Waals surface area contributed by atoms with Gasteiger partial charge in [-0.25, -0.2) is 4.98 Å². The molecule has 0 radical (unpaired) electrons. The molecule has 100 valence electrons. The zero-order valence-corrected chi connectivity index (χ0v) is 11.4. The van der Waals surface area contributed by atoms with E-state index < -0.39 is 6.04 Å². The van der Waals surface area contributed by atoms with Crippen LogP contribution in [0.2, 0.25) is 0 Å². The number of rotatable bonds is 3. The molecule has 1 rings (SSSR count). The number of anilines is 1. The number of carbonyl (C=O) groups is 1. The molecule has 18 heavy (non-hydrogen) atoms. The Hall–Kier alpha value is -1.85. The van der Waals surface area contributed by atoms with E-state index in [2.05, 4.69) is 15.6 Å². The highest BCUT2D eigenvalue weighted by molar-refractivity contribution is 5.84. The first-order chi connectivity index (χ1) is 8.20. The molecular weight excluding hydrogens is 232 g/mol. The van der Waals surface area contributed by atoms with E-state index in [0.717, 1.165) is 0 Å². The monoisotopic (exact) mass is 252 g/mol. The third kappa shape index (κ3) is 3.87. The van der Waals surface area contributed by atoms with Crippen molar-refractivity contribution in [2.24, 2.45) is 7.05 Å². The van der Waals surface area contributed by atoms with Crippen LogP contribution in [0.25, 0.3) is 0 Å².